The van der Waals surface area contributed by atoms with Gasteiger partial charge < -0.3 is 21.1 Å². The van der Waals surface area contributed by atoms with Crippen molar-refractivity contribution in [1.82, 2.24) is 5.32 Å². The summed E-state index contributed by atoms with van der Waals surface area (Å²) in [5.41, 5.74) is 5.94. The van der Waals surface area contributed by atoms with Crippen molar-refractivity contribution in [3.05, 3.63) is 29.8 Å². The van der Waals surface area contributed by atoms with E-state index < -0.39 is 17.7 Å². The van der Waals surface area contributed by atoms with Crippen molar-refractivity contribution < 1.29 is 18.3 Å². The molecule has 1 saturated carbocycles. The zero-order valence-electron chi connectivity index (χ0n) is 11.3. The molecule has 21 heavy (non-hydrogen) atoms. The van der Waals surface area contributed by atoms with Gasteiger partial charge in [-0.2, -0.15) is 0 Å². The van der Waals surface area contributed by atoms with Crippen LogP contribution < -0.4 is 16.4 Å². The molecule has 1 aliphatic carbocycles. The minimum atomic E-state index is -0.824. The van der Waals surface area contributed by atoms with E-state index in [2.05, 4.69) is 10.6 Å². The van der Waals surface area contributed by atoms with E-state index in [4.69, 9.17) is 10.5 Å². The molecule has 1 saturated heterocycles. The van der Waals surface area contributed by atoms with Gasteiger partial charge in [-0.3, -0.25) is 0 Å². The lowest BCUT2D eigenvalue weighted by Crippen LogP contribution is -2.72. The fourth-order valence-corrected chi connectivity index (χ4v) is 3.03. The van der Waals surface area contributed by atoms with Crippen LogP contribution >= 0.6 is 0 Å². The number of carbonyl (C=O) groups is 1. The molecule has 1 aliphatic heterocycles. The largest absolute Gasteiger partial charge is 0.376 e. The summed E-state index contributed by atoms with van der Waals surface area (Å²) >= 11 is 0. The van der Waals surface area contributed by atoms with E-state index >= 15 is 0 Å². The number of ether oxygens (including phenoxy) is 1. The third-order valence-electron chi connectivity index (χ3n) is 4.15. The first-order valence-electron chi connectivity index (χ1n) is 6.96. The van der Waals surface area contributed by atoms with Crippen molar-refractivity contribution in [2.45, 2.75) is 31.0 Å². The number of halogens is 2. The van der Waals surface area contributed by atoms with Gasteiger partial charge in [0.15, 0.2) is 0 Å². The zero-order chi connectivity index (χ0) is 15.0. The number of nitrogens with one attached hydrogen (secondary N) is 2. The Kier molecular flexibility index (Phi) is 3.77. The van der Waals surface area contributed by atoms with Crippen LogP contribution in [0.25, 0.3) is 0 Å². The highest BCUT2D eigenvalue weighted by Crippen LogP contribution is 2.36. The SMILES string of the molecule is NC1C2CCCOC2C1NC(=O)Nc1ccc(F)cc1F. The predicted molar refractivity (Wildman–Crippen MR) is 72.7 cm³/mol. The molecule has 0 bridgehead atoms. The molecule has 4 unspecified atom stereocenters. The highest BCUT2D eigenvalue weighted by Gasteiger charge is 2.51. The van der Waals surface area contributed by atoms with Crippen molar-refractivity contribution in [3.63, 3.8) is 0 Å². The van der Waals surface area contributed by atoms with Crippen molar-refractivity contribution in [1.29, 1.82) is 0 Å². The average Bonchev–Trinajstić information content (AvgIpc) is 2.47. The first-order valence-corrected chi connectivity index (χ1v) is 6.96. The molecular formula is C14H17F2N3O2. The molecule has 4 atom stereocenters. The highest BCUT2D eigenvalue weighted by atomic mass is 19.1. The monoisotopic (exact) mass is 297 g/mol. The minimum Gasteiger partial charge on any atom is -0.376 e. The van der Waals surface area contributed by atoms with Gasteiger partial charge in [-0.15, -0.1) is 0 Å². The van der Waals surface area contributed by atoms with Crippen LogP contribution in [0, 0.1) is 17.6 Å². The Bertz CT molecular complexity index is 555. The Morgan fingerprint density at radius 3 is 2.95 bits per heavy atom. The maximum atomic E-state index is 13.5. The summed E-state index contributed by atoms with van der Waals surface area (Å²) in [7, 11) is 0. The number of fused-ring (bicyclic) bond motifs is 1. The number of benzene rings is 1. The van der Waals surface area contributed by atoms with Gasteiger partial charge >= 0.3 is 6.03 Å². The van der Waals surface area contributed by atoms with Crippen LogP contribution in [0.4, 0.5) is 19.3 Å². The molecule has 0 radical (unpaired) electrons. The number of hydrogen-bond acceptors (Lipinski definition) is 3. The van der Waals surface area contributed by atoms with Crippen molar-refractivity contribution in [2.75, 3.05) is 11.9 Å². The first kappa shape index (κ1) is 14.2. The summed E-state index contributed by atoms with van der Waals surface area (Å²) in [4.78, 5) is 11.9. The van der Waals surface area contributed by atoms with Gasteiger partial charge in [0.25, 0.3) is 0 Å². The van der Waals surface area contributed by atoms with Crippen molar-refractivity contribution >= 4 is 11.7 Å². The van der Waals surface area contributed by atoms with Crippen molar-refractivity contribution in [2.24, 2.45) is 11.7 Å². The lowest BCUT2D eigenvalue weighted by molar-refractivity contribution is -0.116. The second kappa shape index (κ2) is 5.57. The predicted octanol–water partition coefficient (Wildman–Crippen LogP) is 1.59. The Labute approximate surface area is 120 Å². The maximum absolute atomic E-state index is 13.5. The van der Waals surface area contributed by atoms with Gasteiger partial charge in [-0.05, 0) is 25.0 Å². The van der Waals surface area contributed by atoms with Crippen LogP contribution in [0.3, 0.4) is 0 Å². The number of anilines is 1. The number of hydrogen-bond donors (Lipinski definition) is 3. The molecule has 1 aromatic carbocycles. The Morgan fingerprint density at radius 2 is 2.19 bits per heavy atom. The zero-order valence-corrected chi connectivity index (χ0v) is 11.3. The van der Waals surface area contributed by atoms with E-state index in [-0.39, 0.29) is 29.8 Å². The Morgan fingerprint density at radius 1 is 1.38 bits per heavy atom. The van der Waals surface area contributed by atoms with Gasteiger partial charge in [0.2, 0.25) is 0 Å². The fourth-order valence-electron chi connectivity index (χ4n) is 3.03. The van der Waals surface area contributed by atoms with Crippen LogP contribution in [-0.2, 0) is 4.74 Å². The molecule has 1 aromatic rings. The summed E-state index contributed by atoms with van der Waals surface area (Å²) < 4.78 is 31.9. The van der Waals surface area contributed by atoms with E-state index in [1.807, 2.05) is 0 Å². The number of carbonyl (C=O) groups excluding carboxylic acids is 1. The molecule has 5 nitrogen and oxygen atoms in total. The van der Waals surface area contributed by atoms with Crippen LogP contribution in [0.1, 0.15) is 12.8 Å². The fraction of sp³-hybridized carbons (Fsp3) is 0.500. The number of nitrogens with two attached hydrogens (primary N) is 1. The molecule has 2 amide bonds. The summed E-state index contributed by atoms with van der Waals surface area (Å²) in [5, 5.41) is 5.04. The molecule has 4 N–H and O–H groups in total. The maximum Gasteiger partial charge on any atom is 0.319 e. The van der Waals surface area contributed by atoms with Gasteiger partial charge in [0.05, 0.1) is 17.8 Å². The summed E-state index contributed by atoms with van der Waals surface area (Å²) in [6, 6.07) is 1.95. The van der Waals surface area contributed by atoms with E-state index in [1.165, 1.54) is 6.07 Å². The molecule has 114 valence electrons. The Hall–Kier alpha value is -1.73. The number of rotatable bonds is 2. The summed E-state index contributed by atoms with van der Waals surface area (Å²) in [6.07, 6.45) is 1.91. The number of amides is 2. The van der Waals surface area contributed by atoms with E-state index in [1.54, 1.807) is 0 Å². The lowest BCUT2D eigenvalue weighted by Gasteiger charge is -2.52. The quantitative estimate of drug-likeness (QED) is 0.776. The first-order chi connectivity index (χ1) is 10.1. The van der Waals surface area contributed by atoms with Crippen LogP contribution in [0.2, 0.25) is 0 Å². The van der Waals surface area contributed by atoms with E-state index in [9.17, 15) is 13.6 Å². The van der Waals surface area contributed by atoms with Crippen LogP contribution in [0.15, 0.2) is 18.2 Å². The molecule has 2 fully saturated rings. The molecular weight excluding hydrogens is 280 g/mol. The second-order valence-electron chi connectivity index (χ2n) is 5.47. The normalized spacial score (nSPS) is 31.0. The van der Waals surface area contributed by atoms with E-state index in [0.717, 1.165) is 18.9 Å². The van der Waals surface area contributed by atoms with Gasteiger partial charge in [0, 0.05) is 24.6 Å². The lowest BCUT2D eigenvalue weighted by atomic mass is 9.69. The minimum absolute atomic E-state index is 0.0717. The molecule has 3 rings (SSSR count). The van der Waals surface area contributed by atoms with Gasteiger partial charge in [-0.25, -0.2) is 13.6 Å². The van der Waals surface area contributed by atoms with Crippen LogP contribution in [-0.4, -0.2) is 30.8 Å². The average molecular weight is 297 g/mol. The third kappa shape index (κ3) is 2.71. The summed E-state index contributed by atoms with van der Waals surface area (Å²) in [6.45, 7) is 0.667. The molecule has 7 heteroatoms. The highest BCUT2D eigenvalue weighted by molar-refractivity contribution is 5.89. The second-order valence-corrected chi connectivity index (χ2v) is 5.47. The van der Waals surface area contributed by atoms with Gasteiger partial charge in [0.1, 0.15) is 11.6 Å². The number of urea groups is 1. The van der Waals surface area contributed by atoms with Crippen LogP contribution in [0.5, 0.6) is 0 Å². The van der Waals surface area contributed by atoms with Gasteiger partial charge in [-0.1, -0.05) is 0 Å². The van der Waals surface area contributed by atoms with Crippen molar-refractivity contribution in [3.8, 4) is 0 Å². The topological polar surface area (TPSA) is 76.4 Å². The Balaban J connectivity index is 1.59. The third-order valence-corrected chi connectivity index (χ3v) is 4.15. The molecule has 0 aromatic heterocycles. The standard InChI is InChI=1S/C14H17F2N3O2/c15-7-3-4-10(9(16)6-7)18-14(20)19-12-11(17)8-2-1-5-21-13(8)12/h3-4,6,8,11-13H,1-2,5,17H2,(H2,18,19,20). The molecule has 0 spiro atoms. The molecule has 1 heterocycles. The smallest absolute Gasteiger partial charge is 0.319 e. The molecule has 2 aliphatic rings. The van der Waals surface area contributed by atoms with E-state index in [0.29, 0.717) is 12.7 Å². The summed E-state index contributed by atoms with van der Waals surface area (Å²) in [5.74, 6) is -1.25.